The number of furan rings is 1. The fraction of sp³-hybridized carbons (Fsp3) is 0.0769. The maximum absolute atomic E-state index is 11.6. The Kier molecular flexibility index (Phi) is 3.82. The van der Waals surface area contributed by atoms with Gasteiger partial charge in [-0.1, -0.05) is 6.07 Å². The number of urea groups is 1. The van der Waals surface area contributed by atoms with Gasteiger partial charge in [0.25, 0.3) is 0 Å². The molecule has 0 aliphatic carbocycles. The van der Waals surface area contributed by atoms with Crippen LogP contribution in [0.1, 0.15) is 10.4 Å². The van der Waals surface area contributed by atoms with Gasteiger partial charge in [-0.2, -0.15) is 0 Å². The second kappa shape index (κ2) is 5.72. The molecule has 1 heterocycles. The van der Waals surface area contributed by atoms with Crippen LogP contribution in [0.3, 0.4) is 0 Å². The number of hydrogen-bond donors (Lipinski definition) is 2. The van der Waals surface area contributed by atoms with E-state index in [2.05, 4.69) is 15.4 Å². The van der Waals surface area contributed by atoms with Crippen molar-refractivity contribution in [3.8, 4) is 0 Å². The lowest BCUT2D eigenvalue weighted by atomic mass is 10.2. The van der Waals surface area contributed by atoms with Gasteiger partial charge in [-0.05, 0) is 24.3 Å². The van der Waals surface area contributed by atoms with Gasteiger partial charge in [0, 0.05) is 11.8 Å². The SMILES string of the molecule is COC(=O)c1cccc(NC(=O)Nc2ccco2)c1. The normalized spacial score (nSPS) is 9.74. The van der Waals surface area contributed by atoms with Crippen LogP contribution in [0.5, 0.6) is 0 Å². The molecule has 6 nitrogen and oxygen atoms in total. The van der Waals surface area contributed by atoms with E-state index in [9.17, 15) is 9.59 Å². The van der Waals surface area contributed by atoms with Gasteiger partial charge in [0.2, 0.25) is 5.88 Å². The van der Waals surface area contributed by atoms with E-state index in [0.717, 1.165) is 0 Å². The Morgan fingerprint density at radius 1 is 1.16 bits per heavy atom. The van der Waals surface area contributed by atoms with Gasteiger partial charge in [-0.3, -0.25) is 5.32 Å². The number of benzene rings is 1. The first-order valence-corrected chi connectivity index (χ1v) is 5.49. The average Bonchev–Trinajstić information content (AvgIpc) is 2.90. The Morgan fingerprint density at radius 3 is 2.68 bits per heavy atom. The molecule has 1 aromatic carbocycles. The lowest BCUT2D eigenvalue weighted by Gasteiger charge is -2.06. The Hall–Kier alpha value is -2.76. The van der Waals surface area contributed by atoms with Gasteiger partial charge in [0.1, 0.15) is 0 Å². The van der Waals surface area contributed by atoms with Crippen LogP contribution < -0.4 is 10.6 Å². The molecule has 2 aromatic rings. The molecule has 0 bridgehead atoms. The highest BCUT2D eigenvalue weighted by molar-refractivity contribution is 6.00. The molecule has 0 aliphatic rings. The minimum Gasteiger partial charge on any atom is -0.465 e. The molecule has 1 aromatic heterocycles. The monoisotopic (exact) mass is 260 g/mol. The Bertz CT molecular complexity index is 578. The maximum Gasteiger partial charge on any atom is 0.337 e. The molecular weight excluding hydrogens is 248 g/mol. The molecule has 0 atom stereocenters. The minimum atomic E-state index is -0.463. The first-order chi connectivity index (χ1) is 9.19. The predicted molar refractivity (Wildman–Crippen MR) is 69.1 cm³/mol. The number of carbonyl (C=O) groups excluding carboxylic acids is 2. The summed E-state index contributed by atoms with van der Waals surface area (Å²) in [6, 6.07) is 9.24. The van der Waals surface area contributed by atoms with Crippen LogP contribution in [-0.4, -0.2) is 19.1 Å². The first-order valence-electron chi connectivity index (χ1n) is 5.49. The molecule has 0 unspecified atom stereocenters. The predicted octanol–water partition coefficient (Wildman–Crippen LogP) is 2.71. The van der Waals surface area contributed by atoms with Crippen LogP contribution in [0, 0.1) is 0 Å². The van der Waals surface area contributed by atoms with E-state index < -0.39 is 12.0 Å². The standard InChI is InChI=1S/C13H12N2O4/c1-18-12(16)9-4-2-5-10(8-9)14-13(17)15-11-6-3-7-19-11/h2-8H,1H3,(H2,14,15,17). The zero-order chi connectivity index (χ0) is 13.7. The average molecular weight is 260 g/mol. The number of rotatable bonds is 3. The highest BCUT2D eigenvalue weighted by Gasteiger charge is 2.08. The number of carbonyl (C=O) groups is 2. The van der Waals surface area contributed by atoms with E-state index in [0.29, 0.717) is 17.1 Å². The van der Waals surface area contributed by atoms with E-state index in [1.54, 1.807) is 30.3 Å². The van der Waals surface area contributed by atoms with E-state index in [-0.39, 0.29) is 0 Å². The second-order valence-corrected chi connectivity index (χ2v) is 3.63. The summed E-state index contributed by atoms with van der Waals surface area (Å²) in [7, 11) is 1.30. The van der Waals surface area contributed by atoms with Crippen molar-refractivity contribution in [3.05, 3.63) is 48.2 Å². The number of hydrogen-bond acceptors (Lipinski definition) is 4. The third-order valence-electron chi connectivity index (χ3n) is 2.30. The summed E-state index contributed by atoms with van der Waals surface area (Å²) < 4.78 is 9.57. The number of amides is 2. The van der Waals surface area contributed by atoms with E-state index >= 15 is 0 Å². The molecule has 0 spiro atoms. The van der Waals surface area contributed by atoms with Gasteiger partial charge in [-0.25, -0.2) is 9.59 Å². The fourth-order valence-electron chi connectivity index (χ4n) is 1.47. The van der Waals surface area contributed by atoms with Crippen LogP contribution in [0.15, 0.2) is 47.1 Å². The molecular formula is C13H12N2O4. The van der Waals surface area contributed by atoms with Crippen LogP contribution in [0.2, 0.25) is 0 Å². The maximum atomic E-state index is 11.6. The number of ether oxygens (including phenoxy) is 1. The van der Waals surface area contributed by atoms with Crippen molar-refractivity contribution >= 4 is 23.6 Å². The second-order valence-electron chi connectivity index (χ2n) is 3.63. The van der Waals surface area contributed by atoms with Gasteiger partial charge < -0.3 is 14.5 Å². The van der Waals surface area contributed by atoms with Crippen LogP contribution >= 0.6 is 0 Å². The summed E-state index contributed by atoms with van der Waals surface area (Å²) in [5.41, 5.74) is 0.838. The van der Waals surface area contributed by atoms with E-state index in [1.165, 1.54) is 19.4 Å². The van der Waals surface area contributed by atoms with Gasteiger partial charge >= 0.3 is 12.0 Å². The van der Waals surface area contributed by atoms with Crippen LogP contribution in [0.25, 0.3) is 0 Å². The summed E-state index contributed by atoms with van der Waals surface area (Å²) in [5.74, 6) is -0.128. The molecule has 0 radical (unpaired) electrons. The van der Waals surface area contributed by atoms with Crippen molar-refractivity contribution in [3.63, 3.8) is 0 Å². The smallest absolute Gasteiger partial charge is 0.337 e. The Morgan fingerprint density at radius 2 is 2.00 bits per heavy atom. The fourth-order valence-corrected chi connectivity index (χ4v) is 1.47. The molecule has 2 rings (SSSR count). The van der Waals surface area contributed by atoms with Crippen LogP contribution in [-0.2, 0) is 4.74 Å². The first kappa shape index (κ1) is 12.7. The molecule has 6 heteroatoms. The van der Waals surface area contributed by atoms with E-state index in [4.69, 9.17) is 4.42 Å². The summed E-state index contributed by atoms with van der Waals surface area (Å²) >= 11 is 0. The quantitative estimate of drug-likeness (QED) is 0.831. The number of esters is 1. The van der Waals surface area contributed by atoms with Gasteiger partial charge in [0.15, 0.2) is 0 Å². The Labute approximate surface area is 109 Å². The van der Waals surface area contributed by atoms with Gasteiger partial charge in [-0.15, -0.1) is 0 Å². The van der Waals surface area contributed by atoms with Crippen LogP contribution in [0.4, 0.5) is 16.4 Å². The summed E-state index contributed by atoms with van der Waals surface area (Å²) in [4.78, 5) is 23.0. The molecule has 2 amide bonds. The van der Waals surface area contributed by atoms with E-state index in [1.807, 2.05) is 0 Å². The van der Waals surface area contributed by atoms with Crippen molar-refractivity contribution in [1.29, 1.82) is 0 Å². The van der Waals surface area contributed by atoms with Crippen molar-refractivity contribution in [2.45, 2.75) is 0 Å². The molecule has 0 saturated carbocycles. The third-order valence-corrected chi connectivity index (χ3v) is 2.30. The molecule has 0 aliphatic heterocycles. The van der Waals surface area contributed by atoms with Crippen molar-refractivity contribution < 1.29 is 18.7 Å². The molecule has 2 N–H and O–H groups in total. The topological polar surface area (TPSA) is 80.6 Å². The number of anilines is 2. The highest BCUT2D eigenvalue weighted by Crippen LogP contribution is 2.13. The number of nitrogens with one attached hydrogen (secondary N) is 2. The number of methoxy groups -OCH3 is 1. The van der Waals surface area contributed by atoms with Gasteiger partial charge in [0.05, 0.1) is 18.9 Å². The summed E-state index contributed by atoms with van der Waals surface area (Å²) in [6.07, 6.45) is 1.45. The molecule has 98 valence electrons. The largest absolute Gasteiger partial charge is 0.465 e. The summed E-state index contributed by atoms with van der Waals surface area (Å²) in [5, 5.41) is 5.08. The lowest BCUT2D eigenvalue weighted by Crippen LogP contribution is -2.19. The van der Waals surface area contributed by atoms with Crippen molar-refractivity contribution in [1.82, 2.24) is 0 Å². The zero-order valence-corrected chi connectivity index (χ0v) is 10.2. The van der Waals surface area contributed by atoms with Crippen molar-refractivity contribution in [2.24, 2.45) is 0 Å². The molecule has 19 heavy (non-hydrogen) atoms. The molecule has 0 fully saturated rings. The minimum absolute atomic E-state index is 0.335. The molecule has 0 saturated heterocycles. The van der Waals surface area contributed by atoms with Crippen molar-refractivity contribution in [2.75, 3.05) is 17.7 Å². The third kappa shape index (κ3) is 3.35. The zero-order valence-electron chi connectivity index (χ0n) is 10.2. The summed E-state index contributed by atoms with van der Waals surface area (Å²) in [6.45, 7) is 0. The Balaban J connectivity index is 2.02. The highest BCUT2D eigenvalue weighted by atomic mass is 16.5. The lowest BCUT2D eigenvalue weighted by molar-refractivity contribution is 0.0600.